The van der Waals surface area contributed by atoms with Crippen LogP contribution in [0, 0.1) is 5.92 Å². The average Bonchev–Trinajstić information content (AvgIpc) is 2.22. The Bertz CT molecular complexity index is 197. The minimum atomic E-state index is -0.746. The monoisotopic (exact) mass is 250 g/mol. The molecule has 15 heavy (non-hydrogen) atoms. The second kappa shape index (κ2) is 9.09. The number of carbonyl (C=O) groups is 2. The molecule has 0 fully saturated rings. The molecule has 0 spiro atoms. The molecule has 5 heteroatoms. The molecule has 0 rings (SSSR count). The SMILES string of the molecule is CCC(CCC=O)SSC[C@@H](C)C(=O)O. The van der Waals surface area contributed by atoms with E-state index >= 15 is 0 Å². The highest BCUT2D eigenvalue weighted by Gasteiger charge is 2.13. The Labute approximate surface area is 98.8 Å². The standard InChI is InChI=1S/C10H18O3S2/c1-3-9(5-4-6-11)15-14-7-8(2)10(12)13/h6,8-9H,3-5,7H2,1-2H3,(H,12,13)/t8-,9?/m1/s1. The second-order valence-electron chi connectivity index (χ2n) is 3.39. The lowest BCUT2D eigenvalue weighted by Crippen LogP contribution is -2.11. The lowest BCUT2D eigenvalue weighted by Gasteiger charge is -2.12. The van der Waals surface area contributed by atoms with E-state index in [4.69, 9.17) is 5.11 Å². The number of carboxylic acids is 1. The number of hydrogen-bond acceptors (Lipinski definition) is 4. The van der Waals surface area contributed by atoms with Gasteiger partial charge in [0.05, 0.1) is 5.92 Å². The van der Waals surface area contributed by atoms with Crippen molar-refractivity contribution in [1.29, 1.82) is 0 Å². The van der Waals surface area contributed by atoms with Crippen LogP contribution in [-0.4, -0.2) is 28.4 Å². The third-order valence-electron chi connectivity index (χ3n) is 2.01. The first kappa shape index (κ1) is 14.8. The maximum absolute atomic E-state index is 10.5. The highest BCUT2D eigenvalue weighted by Crippen LogP contribution is 2.32. The van der Waals surface area contributed by atoms with E-state index in [0.717, 1.165) is 19.1 Å². The Kier molecular flexibility index (Phi) is 9.00. The van der Waals surface area contributed by atoms with Gasteiger partial charge in [-0.2, -0.15) is 0 Å². The molecule has 0 saturated carbocycles. The zero-order valence-electron chi connectivity index (χ0n) is 9.14. The molecular weight excluding hydrogens is 232 g/mol. The summed E-state index contributed by atoms with van der Waals surface area (Å²) in [5, 5.41) is 9.14. The van der Waals surface area contributed by atoms with Crippen LogP contribution in [0.25, 0.3) is 0 Å². The normalized spacial score (nSPS) is 14.5. The first-order chi connectivity index (χ1) is 7.11. The van der Waals surface area contributed by atoms with Crippen LogP contribution < -0.4 is 0 Å². The highest BCUT2D eigenvalue weighted by molar-refractivity contribution is 8.76. The van der Waals surface area contributed by atoms with Crippen LogP contribution in [0.3, 0.4) is 0 Å². The Morgan fingerprint density at radius 3 is 2.67 bits per heavy atom. The third kappa shape index (κ3) is 7.73. The molecule has 1 N–H and O–H groups in total. The van der Waals surface area contributed by atoms with Crippen LogP contribution in [0.5, 0.6) is 0 Å². The van der Waals surface area contributed by atoms with Gasteiger partial charge in [-0.15, -0.1) is 0 Å². The van der Waals surface area contributed by atoms with Crippen molar-refractivity contribution >= 4 is 33.8 Å². The molecule has 3 nitrogen and oxygen atoms in total. The molecule has 0 aliphatic heterocycles. The third-order valence-corrected chi connectivity index (χ3v) is 5.25. The van der Waals surface area contributed by atoms with Crippen LogP contribution in [0.15, 0.2) is 0 Å². The van der Waals surface area contributed by atoms with Crippen molar-refractivity contribution in [3.8, 4) is 0 Å². The highest BCUT2D eigenvalue weighted by atomic mass is 33.1. The summed E-state index contributed by atoms with van der Waals surface area (Å²) < 4.78 is 0. The van der Waals surface area contributed by atoms with Crippen molar-refractivity contribution in [3.05, 3.63) is 0 Å². The molecule has 0 saturated heterocycles. The zero-order valence-corrected chi connectivity index (χ0v) is 10.8. The molecule has 0 amide bonds. The molecule has 0 aliphatic rings. The Morgan fingerprint density at radius 1 is 1.53 bits per heavy atom. The van der Waals surface area contributed by atoms with Crippen molar-refractivity contribution in [2.24, 2.45) is 5.92 Å². The second-order valence-corrected chi connectivity index (χ2v) is 6.11. The van der Waals surface area contributed by atoms with E-state index in [1.807, 2.05) is 0 Å². The van der Waals surface area contributed by atoms with Crippen LogP contribution in [0.1, 0.15) is 33.1 Å². The van der Waals surface area contributed by atoms with Gasteiger partial charge in [0.15, 0.2) is 0 Å². The van der Waals surface area contributed by atoms with Gasteiger partial charge in [0.2, 0.25) is 0 Å². The van der Waals surface area contributed by atoms with Gasteiger partial charge in [-0.05, 0) is 12.8 Å². The summed E-state index contributed by atoms with van der Waals surface area (Å²) in [7, 11) is 3.29. The smallest absolute Gasteiger partial charge is 0.307 e. The number of rotatable bonds is 9. The van der Waals surface area contributed by atoms with Gasteiger partial charge < -0.3 is 9.90 Å². The predicted octanol–water partition coefficient (Wildman–Crippen LogP) is 2.85. The predicted molar refractivity (Wildman–Crippen MR) is 66.2 cm³/mol. The maximum Gasteiger partial charge on any atom is 0.307 e. The first-order valence-corrected chi connectivity index (χ1v) is 7.44. The van der Waals surface area contributed by atoms with Crippen molar-refractivity contribution in [2.45, 2.75) is 38.4 Å². The van der Waals surface area contributed by atoms with E-state index in [0.29, 0.717) is 17.4 Å². The Balaban J connectivity index is 3.62. The summed E-state index contributed by atoms with van der Waals surface area (Å²) in [6, 6.07) is 0. The van der Waals surface area contributed by atoms with Gasteiger partial charge in [0.1, 0.15) is 6.29 Å². The van der Waals surface area contributed by atoms with Crippen LogP contribution in [0.2, 0.25) is 0 Å². The molecule has 0 bridgehead atoms. The minimum Gasteiger partial charge on any atom is -0.481 e. The van der Waals surface area contributed by atoms with E-state index in [-0.39, 0.29) is 5.92 Å². The molecular formula is C10H18O3S2. The minimum absolute atomic E-state index is 0.300. The lowest BCUT2D eigenvalue weighted by molar-refractivity contribution is -0.140. The first-order valence-electron chi connectivity index (χ1n) is 5.06. The molecule has 0 aromatic carbocycles. The van der Waals surface area contributed by atoms with Gasteiger partial charge in [0, 0.05) is 17.4 Å². The summed E-state index contributed by atoms with van der Waals surface area (Å²) in [5.41, 5.74) is 0. The zero-order chi connectivity index (χ0) is 11.7. The van der Waals surface area contributed by atoms with E-state index in [1.165, 1.54) is 0 Å². The fraction of sp³-hybridized carbons (Fsp3) is 0.800. The summed E-state index contributed by atoms with van der Waals surface area (Å²) in [4.78, 5) is 20.8. The molecule has 1 unspecified atom stereocenters. The van der Waals surface area contributed by atoms with Crippen LogP contribution in [0.4, 0.5) is 0 Å². The van der Waals surface area contributed by atoms with Crippen molar-refractivity contribution in [2.75, 3.05) is 5.75 Å². The average molecular weight is 250 g/mol. The summed E-state index contributed by atoms with van der Waals surface area (Å²) >= 11 is 0. The number of aldehydes is 1. The van der Waals surface area contributed by atoms with E-state index in [1.54, 1.807) is 28.5 Å². The van der Waals surface area contributed by atoms with E-state index in [9.17, 15) is 9.59 Å². The summed E-state index contributed by atoms with van der Waals surface area (Å²) in [6.07, 6.45) is 3.44. The summed E-state index contributed by atoms with van der Waals surface area (Å²) in [5.74, 6) is -0.424. The maximum atomic E-state index is 10.5. The van der Waals surface area contributed by atoms with Crippen LogP contribution >= 0.6 is 21.6 Å². The van der Waals surface area contributed by atoms with Gasteiger partial charge >= 0.3 is 5.97 Å². The number of hydrogen-bond donors (Lipinski definition) is 1. The lowest BCUT2D eigenvalue weighted by atomic mass is 10.2. The topological polar surface area (TPSA) is 54.4 Å². The Morgan fingerprint density at radius 2 is 2.20 bits per heavy atom. The molecule has 0 heterocycles. The Hall–Kier alpha value is -0.160. The molecule has 0 radical (unpaired) electrons. The number of carboxylic acid groups (broad SMARTS) is 1. The molecule has 0 aromatic heterocycles. The van der Waals surface area contributed by atoms with Crippen molar-refractivity contribution in [3.63, 3.8) is 0 Å². The van der Waals surface area contributed by atoms with Gasteiger partial charge in [-0.3, -0.25) is 4.79 Å². The number of aliphatic carboxylic acids is 1. The van der Waals surface area contributed by atoms with Crippen molar-refractivity contribution in [1.82, 2.24) is 0 Å². The van der Waals surface area contributed by atoms with Gasteiger partial charge in [0.25, 0.3) is 0 Å². The van der Waals surface area contributed by atoms with E-state index < -0.39 is 5.97 Å². The number of carbonyl (C=O) groups excluding carboxylic acids is 1. The van der Waals surface area contributed by atoms with Gasteiger partial charge in [-0.25, -0.2) is 0 Å². The quantitative estimate of drug-likeness (QED) is 0.504. The molecule has 0 aromatic rings. The summed E-state index contributed by atoms with van der Waals surface area (Å²) in [6.45, 7) is 3.80. The molecule has 2 atom stereocenters. The fourth-order valence-electron chi connectivity index (χ4n) is 0.883. The van der Waals surface area contributed by atoms with E-state index in [2.05, 4.69) is 6.92 Å². The van der Waals surface area contributed by atoms with Crippen molar-refractivity contribution < 1.29 is 14.7 Å². The van der Waals surface area contributed by atoms with Crippen LogP contribution in [-0.2, 0) is 9.59 Å². The molecule has 88 valence electrons. The fourth-order valence-corrected chi connectivity index (χ4v) is 3.99. The van der Waals surface area contributed by atoms with Gasteiger partial charge in [-0.1, -0.05) is 35.4 Å². The molecule has 0 aliphatic carbocycles. The largest absolute Gasteiger partial charge is 0.481 e.